The van der Waals surface area contributed by atoms with Crippen LogP contribution in [0.25, 0.3) is 17.0 Å². The first-order chi connectivity index (χ1) is 12.6. The Morgan fingerprint density at radius 3 is 2.65 bits per heavy atom. The van der Waals surface area contributed by atoms with Gasteiger partial charge in [0.25, 0.3) is 0 Å². The van der Waals surface area contributed by atoms with Crippen LogP contribution in [-0.2, 0) is 11.2 Å². The predicted molar refractivity (Wildman–Crippen MR) is 103 cm³/mol. The SMILES string of the molecule is CCc1nn2c(-c3ccc(Cl)cc3Cl)nc(C)nc2c1C1CCOCC1. The van der Waals surface area contributed by atoms with Crippen molar-refractivity contribution in [1.82, 2.24) is 19.6 Å². The van der Waals surface area contributed by atoms with Crippen LogP contribution in [0.2, 0.25) is 10.0 Å². The van der Waals surface area contributed by atoms with Crippen LogP contribution in [0.1, 0.15) is 42.8 Å². The standard InChI is InChI=1S/C19H20Cl2N4O/c1-3-16-17(12-6-8-26-9-7-12)19-23-11(2)22-18(25(19)24-16)14-5-4-13(20)10-15(14)21/h4-5,10,12H,3,6-9H2,1-2H3. The lowest BCUT2D eigenvalue weighted by Gasteiger charge is -2.22. The largest absolute Gasteiger partial charge is 0.381 e. The summed E-state index contributed by atoms with van der Waals surface area (Å²) in [5.74, 6) is 1.82. The molecular weight excluding hydrogens is 371 g/mol. The Labute approximate surface area is 162 Å². The maximum Gasteiger partial charge on any atom is 0.166 e. The van der Waals surface area contributed by atoms with Gasteiger partial charge >= 0.3 is 0 Å². The molecule has 0 N–H and O–H groups in total. The summed E-state index contributed by atoms with van der Waals surface area (Å²) in [5, 5.41) is 6.00. The maximum atomic E-state index is 6.44. The number of aromatic nitrogens is 4. The van der Waals surface area contributed by atoms with Gasteiger partial charge in [-0.15, -0.1) is 0 Å². The van der Waals surface area contributed by atoms with Crippen LogP contribution >= 0.6 is 23.2 Å². The molecule has 0 bridgehead atoms. The smallest absolute Gasteiger partial charge is 0.166 e. The van der Waals surface area contributed by atoms with E-state index in [1.807, 2.05) is 23.6 Å². The van der Waals surface area contributed by atoms with Crippen LogP contribution in [0.4, 0.5) is 0 Å². The van der Waals surface area contributed by atoms with E-state index < -0.39 is 0 Å². The lowest BCUT2D eigenvalue weighted by atomic mass is 9.91. The molecule has 0 aliphatic carbocycles. The van der Waals surface area contributed by atoms with E-state index in [1.165, 1.54) is 5.56 Å². The lowest BCUT2D eigenvalue weighted by molar-refractivity contribution is 0.0854. The van der Waals surface area contributed by atoms with Gasteiger partial charge in [-0.1, -0.05) is 30.1 Å². The Hall–Kier alpha value is -1.69. The molecule has 0 spiro atoms. The van der Waals surface area contributed by atoms with Gasteiger partial charge in [-0.25, -0.2) is 9.97 Å². The average Bonchev–Trinajstić information content (AvgIpc) is 3.00. The first kappa shape index (κ1) is 17.7. The first-order valence-electron chi connectivity index (χ1n) is 8.87. The molecule has 2 aromatic heterocycles. The van der Waals surface area contributed by atoms with E-state index in [-0.39, 0.29) is 0 Å². The molecule has 5 nitrogen and oxygen atoms in total. The number of benzene rings is 1. The third-order valence-corrected chi connectivity index (χ3v) is 5.39. The number of rotatable bonds is 3. The zero-order valence-corrected chi connectivity index (χ0v) is 16.3. The molecule has 26 heavy (non-hydrogen) atoms. The van der Waals surface area contributed by atoms with Crippen LogP contribution in [0.15, 0.2) is 18.2 Å². The van der Waals surface area contributed by atoms with Crippen molar-refractivity contribution in [3.05, 3.63) is 45.3 Å². The van der Waals surface area contributed by atoms with Crippen molar-refractivity contribution in [3.8, 4) is 11.4 Å². The fraction of sp³-hybridized carbons (Fsp3) is 0.421. The number of aryl methyl sites for hydroxylation is 2. The van der Waals surface area contributed by atoms with E-state index in [9.17, 15) is 0 Å². The summed E-state index contributed by atoms with van der Waals surface area (Å²) in [6.07, 6.45) is 2.84. The van der Waals surface area contributed by atoms with E-state index in [0.29, 0.717) is 27.6 Å². The molecule has 1 aliphatic rings. The summed E-state index contributed by atoms with van der Waals surface area (Å²) >= 11 is 12.5. The van der Waals surface area contributed by atoms with E-state index in [2.05, 4.69) is 11.9 Å². The molecule has 3 aromatic rings. The summed E-state index contributed by atoms with van der Waals surface area (Å²) in [4.78, 5) is 9.37. The molecule has 0 amide bonds. The summed E-state index contributed by atoms with van der Waals surface area (Å²) in [7, 11) is 0. The topological polar surface area (TPSA) is 52.3 Å². The van der Waals surface area contributed by atoms with Crippen molar-refractivity contribution in [2.24, 2.45) is 0 Å². The van der Waals surface area contributed by atoms with Crippen LogP contribution in [0.3, 0.4) is 0 Å². The van der Waals surface area contributed by atoms with Gasteiger partial charge in [0.1, 0.15) is 5.82 Å². The number of fused-ring (bicyclic) bond motifs is 1. The molecule has 1 aromatic carbocycles. The Morgan fingerprint density at radius 2 is 1.96 bits per heavy atom. The van der Waals surface area contributed by atoms with Crippen LogP contribution in [0, 0.1) is 6.92 Å². The molecule has 136 valence electrons. The van der Waals surface area contributed by atoms with Crippen molar-refractivity contribution in [2.45, 2.75) is 39.0 Å². The summed E-state index contributed by atoms with van der Waals surface area (Å²) in [6.45, 7) is 5.59. The zero-order chi connectivity index (χ0) is 18.3. The number of ether oxygens (including phenoxy) is 1. The highest BCUT2D eigenvalue weighted by Gasteiger charge is 2.26. The molecule has 1 saturated heterocycles. The Kier molecular flexibility index (Phi) is 4.86. The van der Waals surface area contributed by atoms with Gasteiger partial charge in [-0.05, 0) is 50.3 Å². The lowest BCUT2D eigenvalue weighted by Crippen LogP contribution is -2.15. The number of hydrogen-bond donors (Lipinski definition) is 0. The quantitative estimate of drug-likeness (QED) is 0.640. The predicted octanol–water partition coefficient (Wildman–Crippen LogP) is 4.86. The third kappa shape index (κ3) is 3.08. The van der Waals surface area contributed by atoms with Crippen molar-refractivity contribution < 1.29 is 4.74 Å². The number of halogens is 2. The molecule has 0 atom stereocenters. The second kappa shape index (κ2) is 7.14. The molecule has 1 fully saturated rings. The Bertz CT molecular complexity index is 964. The van der Waals surface area contributed by atoms with Gasteiger partial charge in [-0.2, -0.15) is 9.61 Å². The van der Waals surface area contributed by atoms with Crippen molar-refractivity contribution in [2.75, 3.05) is 13.2 Å². The van der Waals surface area contributed by atoms with Gasteiger partial charge < -0.3 is 4.74 Å². The van der Waals surface area contributed by atoms with Gasteiger partial charge in [0.2, 0.25) is 0 Å². The van der Waals surface area contributed by atoms with Crippen molar-refractivity contribution in [3.63, 3.8) is 0 Å². The molecule has 1 aliphatic heterocycles. The summed E-state index contributed by atoms with van der Waals surface area (Å²) in [5.41, 5.74) is 3.98. The summed E-state index contributed by atoms with van der Waals surface area (Å²) < 4.78 is 7.38. The van der Waals surface area contributed by atoms with E-state index >= 15 is 0 Å². The monoisotopic (exact) mass is 390 g/mol. The number of nitrogens with zero attached hydrogens (tertiary/aromatic N) is 4. The van der Waals surface area contributed by atoms with Crippen molar-refractivity contribution >= 4 is 28.8 Å². The molecule has 0 radical (unpaired) electrons. The minimum Gasteiger partial charge on any atom is -0.381 e. The second-order valence-corrected chi connectivity index (χ2v) is 7.40. The highest BCUT2D eigenvalue weighted by molar-refractivity contribution is 6.36. The minimum absolute atomic E-state index is 0.416. The normalized spacial score (nSPS) is 15.7. The van der Waals surface area contributed by atoms with Gasteiger partial charge in [0.05, 0.1) is 10.7 Å². The van der Waals surface area contributed by atoms with Crippen LogP contribution in [-0.4, -0.2) is 32.8 Å². The molecule has 0 unspecified atom stereocenters. The molecule has 3 heterocycles. The third-order valence-electron chi connectivity index (χ3n) is 4.85. The first-order valence-corrected chi connectivity index (χ1v) is 9.63. The Balaban J connectivity index is 1.96. The zero-order valence-electron chi connectivity index (χ0n) is 14.8. The highest BCUT2D eigenvalue weighted by Crippen LogP contribution is 2.35. The minimum atomic E-state index is 0.416. The second-order valence-electron chi connectivity index (χ2n) is 6.55. The molecule has 7 heteroatoms. The van der Waals surface area contributed by atoms with E-state index in [0.717, 1.165) is 49.4 Å². The molecular formula is C19H20Cl2N4O. The van der Waals surface area contributed by atoms with E-state index in [4.69, 9.17) is 38.0 Å². The van der Waals surface area contributed by atoms with Crippen LogP contribution < -0.4 is 0 Å². The maximum absolute atomic E-state index is 6.44. The van der Waals surface area contributed by atoms with Gasteiger partial charge in [0.15, 0.2) is 11.5 Å². The highest BCUT2D eigenvalue weighted by atomic mass is 35.5. The molecule has 4 rings (SSSR count). The molecule has 0 saturated carbocycles. The fourth-order valence-corrected chi connectivity index (χ4v) is 4.10. The average molecular weight is 391 g/mol. The van der Waals surface area contributed by atoms with E-state index in [1.54, 1.807) is 6.07 Å². The fourth-order valence-electron chi connectivity index (χ4n) is 3.61. The van der Waals surface area contributed by atoms with Crippen molar-refractivity contribution in [1.29, 1.82) is 0 Å². The van der Waals surface area contributed by atoms with Crippen LogP contribution in [0.5, 0.6) is 0 Å². The van der Waals surface area contributed by atoms with Gasteiger partial charge in [0, 0.05) is 29.4 Å². The van der Waals surface area contributed by atoms with Gasteiger partial charge in [-0.3, -0.25) is 0 Å². The Morgan fingerprint density at radius 1 is 1.19 bits per heavy atom. The summed E-state index contributed by atoms with van der Waals surface area (Å²) in [6, 6.07) is 5.42. The number of hydrogen-bond acceptors (Lipinski definition) is 4.